The van der Waals surface area contributed by atoms with Crippen molar-refractivity contribution >= 4 is 5.97 Å². The van der Waals surface area contributed by atoms with E-state index in [1.807, 2.05) is 13.0 Å². The van der Waals surface area contributed by atoms with Crippen molar-refractivity contribution in [3.8, 4) is 0 Å². The van der Waals surface area contributed by atoms with Gasteiger partial charge in [-0.05, 0) is 93.8 Å². The van der Waals surface area contributed by atoms with Gasteiger partial charge >= 0.3 is 5.97 Å². The lowest BCUT2D eigenvalue weighted by molar-refractivity contribution is -0.139. The van der Waals surface area contributed by atoms with Gasteiger partial charge in [0.1, 0.15) is 6.10 Å². The molecular weight excluding hydrogens is 634 g/mol. The number of ether oxygens (including phenoxy) is 3. The van der Waals surface area contributed by atoms with E-state index in [1.54, 1.807) is 0 Å². The maximum Gasteiger partial charge on any atom is 0.334 e. The number of hydrogen-bond donors (Lipinski definition) is 0. The van der Waals surface area contributed by atoms with Gasteiger partial charge in [-0.1, -0.05) is 112 Å². The summed E-state index contributed by atoms with van der Waals surface area (Å²) in [6.45, 7) is 4.09. The Bertz CT molecular complexity index is 1170. The van der Waals surface area contributed by atoms with Crippen LogP contribution in [0.1, 0.15) is 168 Å². The number of rotatable bonds is 28. The van der Waals surface area contributed by atoms with Crippen LogP contribution in [0.4, 0.5) is 0 Å². The van der Waals surface area contributed by atoms with Gasteiger partial charge in [0, 0.05) is 26.4 Å². The molecule has 2 saturated heterocycles. The van der Waals surface area contributed by atoms with E-state index >= 15 is 0 Å². The number of carbonyl (C=O) groups is 1. The van der Waals surface area contributed by atoms with Crippen molar-refractivity contribution in [1.82, 2.24) is 0 Å². The lowest BCUT2D eigenvalue weighted by atomic mass is 9.97. The van der Waals surface area contributed by atoms with E-state index in [1.165, 1.54) is 51.4 Å². The van der Waals surface area contributed by atoms with Crippen LogP contribution in [0.3, 0.4) is 0 Å². The van der Waals surface area contributed by atoms with E-state index in [-0.39, 0.29) is 54.6 Å². The number of azide groups is 3. The van der Waals surface area contributed by atoms with Gasteiger partial charge < -0.3 is 14.2 Å². The summed E-state index contributed by atoms with van der Waals surface area (Å²) in [4.78, 5) is 21.0. The summed E-state index contributed by atoms with van der Waals surface area (Å²) in [6.07, 6.45) is 26.3. The van der Waals surface area contributed by atoms with Gasteiger partial charge in [0.25, 0.3) is 0 Å². The normalized spacial score (nSPS) is 24.8. The van der Waals surface area contributed by atoms with Crippen LogP contribution in [0.2, 0.25) is 0 Å². The molecule has 0 aromatic carbocycles. The zero-order valence-corrected chi connectivity index (χ0v) is 30.8. The molecule has 13 heteroatoms. The number of carbonyl (C=O) groups excluding carboxylic acids is 1. The third kappa shape index (κ3) is 15.5. The molecule has 0 aromatic rings. The van der Waals surface area contributed by atoms with Crippen LogP contribution in [-0.2, 0) is 19.0 Å². The lowest BCUT2D eigenvalue weighted by Crippen LogP contribution is -2.32. The maximum absolute atomic E-state index is 11.7. The smallest absolute Gasteiger partial charge is 0.334 e. The molecule has 3 heterocycles. The Morgan fingerprint density at radius 2 is 1.14 bits per heavy atom. The second-order valence-electron chi connectivity index (χ2n) is 14.6. The first kappa shape index (κ1) is 41.5. The predicted molar refractivity (Wildman–Crippen MR) is 196 cm³/mol. The van der Waals surface area contributed by atoms with E-state index in [0.717, 1.165) is 102 Å². The van der Waals surface area contributed by atoms with Gasteiger partial charge in [-0.25, -0.2) is 4.79 Å². The number of unbranched alkanes of at least 4 members (excludes halogenated alkanes) is 12. The molecule has 0 unspecified atom stereocenters. The van der Waals surface area contributed by atoms with E-state index < -0.39 is 0 Å². The molecule has 0 saturated carbocycles. The molecule has 3 rings (SSSR count). The Morgan fingerprint density at radius 1 is 0.660 bits per heavy atom. The Kier molecular flexibility index (Phi) is 20.8. The highest BCUT2D eigenvalue weighted by Crippen LogP contribution is 2.36. The summed E-state index contributed by atoms with van der Waals surface area (Å²) in [7, 11) is 0. The van der Waals surface area contributed by atoms with Crippen molar-refractivity contribution in [2.75, 3.05) is 0 Å². The average molecular weight is 698 g/mol. The first-order valence-corrected chi connectivity index (χ1v) is 19.8. The van der Waals surface area contributed by atoms with Crippen molar-refractivity contribution in [3.05, 3.63) is 43.0 Å². The van der Waals surface area contributed by atoms with Crippen LogP contribution in [0.15, 0.2) is 27.0 Å². The third-order valence-corrected chi connectivity index (χ3v) is 10.7. The monoisotopic (exact) mass is 698 g/mol. The highest BCUT2D eigenvalue weighted by Gasteiger charge is 2.41. The average Bonchev–Trinajstić information content (AvgIpc) is 3.86. The molecule has 280 valence electrons. The summed E-state index contributed by atoms with van der Waals surface area (Å²) in [5.74, 6) is -0.136. The van der Waals surface area contributed by atoms with Crippen molar-refractivity contribution in [1.29, 1.82) is 0 Å². The van der Waals surface area contributed by atoms with Crippen LogP contribution in [0.5, 0.6) is 0 Å². The topological polar surface area (TPSA) is 191 Å². The van der Waals surface area contributed by atoms with Crippen LogP contribution < -0.4 is 0 Å². The first-order chi connectivity index (χ1) is 24.5. The molecule has 0 spiro atoms. The summed E-state index contributed by atoms with van der Waals surface area (Å²) in [5, 5.41) is 12.3. The maximum atomic E-state index is 11.7. The number of hydrogen-bond acceptors (Lipinski definition) is 7. The SMILES string of the molecule is CCCCCC[C@H](CCC[C@@H](N=[N+]=[N-])[C@H]1CC[C@H]([C@H]2CC[C@H]([C@H](CCCCCCCCCCCCC3=C[C@H](C)OC3=O)N=[N+]=[N-])O2)O1)N=[N+]=[N-]. The third-order valence-electron chi connectivity index (χ3n) is 10.7. The van der Waals surface area contributed by atoms with Crippen molar-refractivity contribution < 1.29 is 19.0 Å². The van der Waals surface area contributed by atoms with E-state index in [4.69, 9.17) is 19.7 Å². The highest BCUT2D eigenvalue weighted by atomic mass is 16.6. The molecule has 0 radical (unpaired) electrons. The molecule has 3 aliphatic rings. The zero-order valence-electron chi connectivity index (χ0n) is 30.8. The lowest BCUT2D eigenvalue weighted by Gasteiger charge is -2.25. The molecule has 13 nitrogen and oxygen atoms in total. The van der Waals surface area contributed by atoms with E-state index in [2.05, 4.69) is 37.0 Å². The Hall–Kier alpha value is -2.94. The molecule has 0 aliphatic carbocycles. The fourth-order valence-corrected chi connectivity index (χ4v) is 7.86. The van der Waals surface area contributed by atoms with Gasteiger partial charge in [0.15, 0.2) is 0 Å². The Labute approximate surface area is 299 Å². The molecule has 2 fully saturated rings. The molecule has 50 heavy (non-hydrogen) atoms. The van der Waals surface area contributed by atoms with Crippen molar-refractivity contribution in [2.24, 2.45) is 15.3 Å². The summed E-state index contributed by atoms with van der Waals surface area (Å²) in [6, 6.07) is -0.420. The highest BCUT2D eigenvalue weighted by molar-refractivity contribution is 5.90. The van der Waals surface area contributed by atoms with Gasteiger partial charge in [0.2, 0.25) is 0 Å². The Morgan fingerprint density at radius 3 is 1.66 bits per heavy atom. The van der Waals surface area contributed by atoms with Gasteiger partial charge in [-0.2, -0.15) is 0 Å². The first-order valence-electron chi connectivity index (χ1n) is 19.8. The summed E-state index contributed by atoms with van der Waals surface area (Å²) >= 11 is 0. The quantitative estimate of drug-likeness (QED) is 0.0258. The minimum atomic E-state index is -0.248. The Balaban J connectivity index is 1.27. The second kappa shape index (κ2) is 25.1. The summed E-state index contributed by atoms with van der Waals surface area (Å²) < 4.78 is 18.1. The minimum absolute atomic E-state index is 0.0137. The minimum Gasteiger partial charge on any atom is -0.455 e. The van der Waals surface area contributed by atoms with Crippen LogP contribution in [-0.4, -0.2) is 54.6 Å². The largest absolute Gasteiger partial charge is 0.455 e. The van der Waals surface area contributed by atoms with E-state index in [0.29, 0.717) is 6.42 Å². The van der Waals surface area contributed by atoms with Gasteiger partial charge in [-0.15, -0.1) is 0 Å². The van der Waals surface area contributed by atoms with Crippen LogP contribution >= 0.6 is 0 Å². The zero-order chi connectivity index (χ0) is 35.8. The van der Waals surface area contributed by atoms with Crippen molar-refractivity contribution in [3.63, 3.8) is 0 Å². The standard InChI is InChI=1S/C37H63N9O4/c1-3-4-5-15-19-30(41-44-38)20-17-22-32(43-46-40)34-24-26-36(50-34)35-25-23-33(49-35)31(42-45-39)21-16-13-11-9-7-6-8-10-12-14-18-29-27-28(2)48-37(29)47/h27-28,30-36H,3-26H2,1-2H3/t28-,30+,31-,32+,33+,34+,35+,36+/m0/s1. The molecule has 0 amide bonds. The van der Waals surface area contributed by atoms with Crippen LogP contribution in [0.25, 0.3) is 31.3 Å². The van der Waals surface area contributed by atoms with Crippen LogP contribution in [0, 0.1) is 0 Å². The molecule has 0 N–H and O–H groups in total. The second-order valence-corrected chi connectivity index (χ2v) is 14.6. The molecule has 0 bridgehead atoms. The molecule has 3 aliphatic heterocycles. The molecule has 0 aromatic heterocycles. The van der Waals surface area contributed by atoms with Crippen molar-refractivity contribution in [2.45, 2.75) is 217 Å². The summed E-state index contributed by atoms with van der Waals surface area (Å²) in [5.41, 5.74) is 28.4. The fourth-order valence-electron chi connectivity index (χ4n) is 7.86. The molecular formula is C37H63N9O4. The van der Waals surface area contributed by atoms with Gasteiger partial charge in [-0.3, -0.25) is 0 Å². The predicted octanol–water partition coefficient (Wildman–Crippen LogP) is 11.8. The van der Waals surface area contributed by atoms with E-state index in [9.17, 15) is 15.9 Å². The molecule has 8 atom stereocenters. The number of cyclic esters (lactones) is 1. The fraction of sp³-hybridized carbons (Fsp3) is 0.919. The van der Waals surface area contributed by atoms with Gasteiger partial charge in [0.05, 0.1) is 36.5 Å². The number of nitrogens with zero attached hydrogens (tertiary/aromatic N) is 9. The number of esters is 1.